The molecule has 0 bridgehead atoms. The van der Waals surface area contributed by atoms with Crippen molar-refractivity contribution >= 4 is 5.91 Å². The van der Waals surface area contributed by atoms with E-state index in [2.05, 4.69) is 0 Å². The minimum Gasteiger partial charge on any atom is -0.498 e. The smallest absolute Gasteiger partial charge is 0.247 e. The lowest BCUT2D eigenvalue weighted by atomic mass is 10.2. The van der Waals surface area contributed by atoms with Crippen LogP contribution in [-0.4, -0.2) is 24.2 Å². The molecule has 0 atom stereocenters. The van der Waals surface area contributed by atoms with E-state index >= 15 is 0 Å². The van der Waals surface area contributed by atoms with Crippen molar-refractivity contribution in [1.29, 1.82) is 0 Å². The van der Waals surface area contributed by atoms with E-state index in [9.17, 15) is 4.79 Å². The number of hydrogen-bond acceptors (Lipinski definition) is 3. The summed E-state index contributed by atoms with van der Waals surface area (Å²) in [7, 11) is 0. The Balaban J connectivity index is 3.81. The summed E-state index contributed by atoms with van der Waals surface area (Å²) in [6, 6.07) is 0. The second-order valence-corrected chi connectivity index (χ2v) is 1.96. The van der Waals surface area contributed by atoms with E-state index < -0.39 is 5.91 Å². The number of amides is 1. The molecule has 0 fully saturated rings. The molecule has 1 amide bonds. The van der Waals surface area contributed by atoms with Gasteiger partial charge in [0, 0.05) is 0 Å². The molecule has 3 N–H and O–H groups in total. The highest BCUT2D eigenvalue weighted by Crippen LogP contribution is 1.98. The van der Waals surface area contributed by atoms with Gasteiger partial charge in [-0.3, -0.25) is 4.79 Å². The maximum atomic E-state index is 10.5. The number of hydrogen-bond donors (Lipinski definition) is 2. The lowest BCUT2D eigenvalue weighted by Gasteiger charge is -1.99. The van der Waals surface area contributed by atoms with Crippen LogP contribution in [0.2, 0.25) is 0 Å². The van der Waals surface area contributed by atoms with Crippen molar-refractivity contribution in [2.75, 3.05) is 13.2 Å². The average molecular weight is 159 g/mol. The Morgan fingerprint density at radius 1 is 1.73 bits per heavy atom. The Kier molecular flexibility index (Phi) is 5.20. The van der Waals surface area contributed by atoms with E-state index in [4.69, 9.17) is 15.6 Å². The molecule has 4 heteroatoms. The first kappa shape index (κ1) is 9.97. The molecule has 0 rings (SSSR count). The van der Waals surface area contributed by atoms with Crippen LogP contribution >= 0.6 is 0 Å². The van der Waals surface area contributed by atoms with Gasteiger partial charge in [-0.25, -0.2) is 0 Å². The third-order valence-corrected chi connectivity index (χ3v) is 1.13. The van der Waals surface area contributed by atoms with E-state index in [1.807, 2.05) is 0 Å². The Hall–Kier alpha value is -1.03. The van der Waals surface area contributed by atoms with Gasteiger partial charge in [0.15, 0.2) is 0 Å². The van der Waals surface area contributed by atoms with Crippen LogP contribution in [0, 0.1) is 0 Å². The van der Waals surface area contributed by atoms with Gasteiger partial charge in [-0.2, -0.15) is 0 Å². The van der Waals surface area contributed by atoms with Gasteiger partial charge < -0.3 is 15.6 Å². The van der Waals surface area contributed by atoms with Gasteiger partial charge >= 0.3 is 0 Å². The largest absolute Gasteiger partial charge is 0.498 e. The molecule has 0 aromatic carbocycles. The number of aliphatic hydroxyl groups excluding tert-OH is 1. The van der Waals surface area contributed by atoms with Gasteiger partial charge in [-0.1, -0.05) is 6.92 Å². The number of carbonyl (C=O) groups is 1. The van der Waals surface area contributed by atoms with Crippen molar-refractivity contribution in [2.24, 2.45) is 5.73 Å². The first-order valence-electron chi connectivity index (χ1n) is 3.43. The van der Waals surface area contributed by atoms with Crippen molar-refractivity contribution in [2.45, 2.75) is 13.3 Å². The molecule has 0 aromatic heterocycles. The number of ether oxygens (including phenoxy) is 1. The van der Waals surface area contributed by atoms with Gasteiger partial charge in [-0.05, 0) is 6.42 Å². The molecule has 0 radical (unpaired) electrons. The van der Waals surface area contributed by atoms with E-state index in [0.29, 0.717) is 12.0 Å². The minimum absolute atomic E-state index is 0.0632. The molecule has 0 spiro atoms. The molecule has 0 unspecified atom stereocenters. The Bertz CT molecular complexity index is 154. The molecular weight excluding hydrogens is 146 g/mol. The predicted molar refractivity (Wildman–Crippen MR) is 40.6 cm³/mol. The fourth-order valence-electron chi connectivity index (χ4n) is 0.528. The summed E-state index contributed by atoms with van der Waals surface area (Å²) in [6.07, 6.45) is 1.83. The second kappa shape index (κ2) is 5.73. The number of nitrogens with two attached hydrogens (primary N) is 1. The molecule has 0 saturated carbocycles. The number of rotatable bonds is 5. The molecule has 0 aliphatic heterocycles. The van der Waals surface area contributed by atoms with Crippen LogP contribution in [0.15, 0.2) is 11.8 Å². The third kappa shape index (κ3) is 4.38. The van der Waals surface area contributed by atoms with Crippen LogP contribution in [0.4, 0.5) is 0 Å². The summed E-state index contributed by atoms with van der Waals surface area (Å²) in [4.78, 5) is 10.5. The summed E-state index contributed by atoms with van der Waals surface area (Å²) in [5.41, 5.74) is 5.41. The number of primary amides is 1. The van der Waals surface area contributed by atoms with Gasteiger partial charge in [0.25, 0.3) is 0 Å². The van der Waals surface area contributed by atoms with Crippen LogP contribution in [-0.2, 0) is 9.53 Å². The normalized spacial score (nSPS) is 11.3. The average Bonchev–Trinajstić information content (AvgIpc) is 1.97. The Morgan fingerprint density at radius 2 is 2.36 bits per heavy atom. The highest BCUT2D eigenvalue weighted by atomic mass is 16.5. The van der Waals surface area contributed by atoms with Gasteiger partial charge in [-0.15, -0.1) is 0 Å². The molecule has 0 aromatic rings. The topological polar surface area (TPSA) is 72.6 Å². The molecular formula is C7H13NO3. The second-order valence-electron chi connectivity index (χ2n) is 1.96. The SMILES string of the molecule is CCC(=COCCO)C(N)=O. The molecule has 0 aliphatic carbocycles. The third-order valence-electron chi connectivity index (χ3n) is 1.13. The van der Waals surface area contributed by atoms with Crippen LogP contribution < -0.4 is 5.73 Å². The summed E-state index contributed by atoms with van der Waals surface area (Å²) in [6.45, 7) is 1.93. The van der Waals surface area contributed by atoms with Crippen molar-refractivity contribution < 1.29 is 14.6 Å². The number of carbonyl (C=O) groups excluding carboxylic acids is 1. The van der Waals surface area contributed by atoms with Crippen molar-refractivity contribution in [3.05, 3.63) is 11.8 Å². The van der Waals surface area contributed by atoms with E-state index in [1.54, 1.807) is 6.92 Å². The summed E-state index contributed by atoms with van der Waals surface area (Å²) >= 11 is 0. The summed E-state index contributed by atoms with van der Waals surface area (Å²) in [5, 5.41) is 8.32. The lowest BCUT2D eigenvalue weighted by molar-refractivity contribution is -0.114. The molecule has 4 nitrogen and oxygen atoms in total. The maximum Gasteiger partial charge on any atom is 0.247 e. The monoisotopic (exact) mass is 159 g/mol. The standard InChI is InChI=1S/C7H13NO3/c1-2-6(7(8)10)5-11-4-3-9/h5,9H,2-4H2,1H3,(H2,8,10). The molecule has 0 aliphatic rings. The minimum atomic E-state index is -0.481. The van der Waals surface area contributed by atoms with Gasteiger partial charge in [0.05, 0.1) is 18.4 Å². The predicted octanol–water partition coefficient (Wildman–Crippen LogP) is -0.226. The lowest BCUT2D eigenvalue weighted by Crippen LogP contribution is -2.13. The zero-order valence-electron chi connectivity index (χ0n) is 6.54. The van der Waals surface area contributed by atoms with Crippen LogP contribution in [0.3, 0.4) is 0 Å². The first-order valence-corrected chi connectivity index (χ1v) is 3.43. The number of aliphatic hydroxyl groups is 1. The zero-order valence-corrected chi connectivity index (χ0v) is 6.54. The molecule has 11 heavy (non-hydrogen) atoms. The maximum absolute atomic E-state index is 10.5. The zero-order chi connectivity index (χ0) is 8.69. The Labute approximate surface area is 65.6 Å². The first-order chi connectivity index (χ1) is 5.22. The van der Waals surface area contributed by atoms with Crippen molar-refractivity contribution in [3.63, 3.8) is 0 Å². The van der Waals surface area contributed by atoms with Crippen molar-refractivity contribution in [1.82, 2.24) is 0 Å². The van der Waals surface area contributed by atoms with E-state index in [-0.39, 0.29) is 13.2 Å². The van der Waals surface area contributed by atoms with Crippen LogP contribution in [0.5, 0.6) is 0 Å². The van der Waals surface area contributed by atoms with Gasteiger partial charge in [0.2, 0.25) is 5.91 Å². The van der Waals surface area contributed by atoms with Crippen LogP contribution in [0.25, 0.3) is 0 Å². The van der Waals surface area contributed by atoms with Gasteiger partial charge in [0.1, 0.15) is 6.61 Å². The molecule has 0 saturated heterocycles. The highest BCUT2D eigenvalue weighted by Gasteiger charge is 2.00. The van der Waals surface area contributed by atoms with E-state index in [1.165, 1.54) is 6.26 Å². The van der Waals surface area contributed by atoms with E-state index in [0.717, 1.165) is 0 Å². The van der Waals surface area contributed by atoms with Crippen LogP contribution in [0.1, 0.15) is 13.3 Å². The molecule has 64 valence electrons. The fraction of sp³-hybridized carbons (Fsp3) is 0.571. The fourth-order valence-corrected chi connectivity index (χ4v) is 0.528. The Morgan fingerprint density at radius 3 is 2.73 bits per heavy atom. The summed E-state index contributed by atoms with van der Waals surface area (Å²) < 4.78 is 4.78. The van der Waals surface area contributed by atoms with Crippen molar-refractivity contribution in [3.8, 4) is 0 Å². The highest BCUT2D eigenvalue weighted by molar-refractivity contribution is 5.91. The molecule has 0 heterocycles. The quantitative estimate of drug-likeness (QED) is 0.331. The summed E-state index contributed by atoms with van der Waals surface area (Å²) in [5.74, 6) is -0.481.